The van der Waals surface area contributed by atoms with Crippen molar-refractivity contribution in [1.82, 2.24) is 15.3 Å². The van der Waals surface area contributed by atoms with Crippen molar-refractivity contribution in [3.05, 3.63) is 65.7 Å². The lowest BCUT2D eigenvalue weighted by atomic mass is 9.76. The maximum absolute atomic E-state index is 14.1. The van der Waals surface area contributed by atoms with E-state index in [1.807, 2.05) is 4.90 Å². The summed E-state index contributed by atoms with van der Waals surface area (Å²) in [6.07, 6.45) is -5.22. The number of benzene rings is 2. The van der Waals surface area contributed by atoms with Gasteiger partial charge in [-0.1, -0.05) is 36.4 Å². The zero-order valence-corrected chi connectivity index (χ0v) is 21.8. The van der Waals surface area contributed by atoms with Crippen molar-refractivity contribution in [3.8, 4) is 17.0 Å². The lowest BCUT2D eigenvalue weighted by molar-refractivity contribution is -0.198. The number of piperidine rings is 1. The van der Waals surface area contributed by atoms with Gasteiger partial charge in [-0.2, -0.15) is 23.1 Å². The largest absolute Gasteiger partial charge is 0.480 e. The first-order valence-corrected chi connectivity index (χ1v) is 13.0. The highest BCUT2D eigenvalue weighted by Gasteiger charge is 2.45. The molecular formula is C28H28F3N5O5. The van der Waals surface area contributed by atoms with E-state index < -0.39 is 30.3 Å². The molecule has 2 aliphatic rings. The number of aromatic nitrogens is 2. The van der Waals surface area contributed by atoms with Gasteiger partial charge in [-0.15, -0.1) is 0 Å². The minimum Gasteiger partial charge on any atom is -0.480 e. The van der Waals surface area contributed by atoms with Gasteiger partial charge in [0.1, 0.15) is 11.9 Å². The number of ether oxygens (including phenoxy) is 1. The molecule has 5 rings (SSSR count). The highest BCUT2D eigenvalue weighted by atomic mass is 19.4. The molecule has 3 heterocycles. The van der Waals surface area contributed by atoms with Gasteiger partial charge in [-0.25, -0.2) is 4.79 Å². The minimum atomic E-state index is -4.78. The Hall–Kier alpha value is -4.39. The molecule has 216 valence electrons. The van der Waals surface area contributed by atoms with Gasteiger partial charge in [0.25, 0.3) is 0 Å². The topological polar surface area (TPSA) is 151 Å². The average Bonchev–Trinajstić information content (AvgIpc) is 3.35. The maximum atomic E-state index is 14.1. The van der Waals surface area contributed by atoms with Crippen LogP contribution < -0.4 is 20.7 Å². The standard InChI is InChI=1S/C28H28F3N5O5/c29-28(30,31)23(17-6-4-16(5-7-17)18-2-1-3-19(12-18)24(37)38)41-22-13-21(34-26(32)35-22)36-10-8-27(9-11-36)14-20(25(39)40)33-15-27/h1-7,12-13,20,23,33H,8-11,14-15H2,(H,37,38)(H,39,40)(H2,32,34,35)/t20-,23+/m0/s1. The van der Waals surface area contributed by atoms with Gasteiger partial charge in [-0.3, -0.25) is 4.79 Å². The van der Waals surface area contributed by atoms with Crippen LogP contribution in [0.2, 0.25) is 0 Å². The number of aliphatic carboxylic acids is 1. The van der Waals surface area contributed by atoms with Crippen LogP contribution in [0.25, 0.3) is 11.1 Å². The van der Waals surface area contributed by atoms with E-state index in [0.29, 0.717) is 55.8 Å². The van der Waals surface area contributed by atoms with Gasteiger partial charge >= 0.3 is 18.1 Å². The molecule has 0 bridgehead atoms. The fourth-order valence-electron chi connectivity index (χ4n) is 5.46. The van der Waals surface area contributed by atoms with Crippen molar-refractivity contribution < 1.29 is 37.7 Å². The Balaban J connectivity index is 1.33. The number of nitrogens with one attached hydrogen (secondary N) is 1. The van der Waals surface area contributed by atoms with Crippen LogP contribution in [-0.2, 0) is 4.79 Å². The van der Waals surface area contributed by atoms with Crippen LogP contribution in [-0.4, -0.2) is 64.0 Å². The van der Waals surface area contributed by atoms with Gasteiger partial charge in [0.2, 0.25) is 17.9 Å². The molecule has 2 fully saturated rings. The molecule has 2 saturated heterocycles. The highest BCUT2D eigenvalue weighted by Crippen LogP contribution is 2.41. The third-order valence-electron chi connectivity index (χ3n) is 7.71. The number of alkyl halides is 3. The van der Waals surface area contributed by atoms with Crippen molar-refractivity contribution in [2.45, 2.75) is 37.6 Å². The van der Waals surface area contributed by atoms with Gasteiger partial charge in [0.15, 0.2) is 0 Å². The molecule has 0 saturated carbocycles. The van der Waals surface area contributed by atoms with Gasteiger partial charge in [-0.05, 0) is 47.9 Å². The molecule has 1 aromatic heterocycles. The Morgan fingerprint density at radius 3 is 2.37 bits per heavy atom. The van der Waals surface area contributed by atoms with Crippen molar-refractivity contribution in [1.29, 1.82) is 0 Å². The van der Waals surface area contributed by atoms with E-state index in [2.05, 4.69) is 15.3 Å². The monoisotopic (exact) mass is 571 g/mol. The number of carbonyl (C=O) groups is 2. The Bertz CT molecular complexity index is 1440. The number of hydrogen-bond acceptors (Lipinski definition) is 8. The second kappa shape index (κ2) is 10.9. The third-order valence-corrected chi connectivity index (χ3v) is 7.71. The molecule has 3 aromatic rings. The molecule has 10 nitrogen and oxygen atoms in total. The lowest BCUT2D eigenvalue weighted by Crippen LogP contribution is -2.41. The number of nitrogens with two attached hydrogens (primary N) is 1. The van der Waals surface area contributed by atoms with E-state index in [-0.39, 0.29) is 28.4 Å². The maximum Gasteiger partial charge on any atom is 0.429 e. The summed E-state index contributed by atoms with van der Waals surface area (Å²) in [7, 11) is 0. The first-order chi connectivity index (χ1) is 19.4. The number of carboxylic acids is 2. The Kier molecular flexibility index (Phi) is 7.47. The van der Waals surface area contributed by atoms with Gasteiger partial charge in [0.05, 0.1) is 5.56 Å². The van der Waals surface area contributed by atoms with Crippen LogP contribution in [0.1, 0.15) is 41.3 Å². The minimum absolute atomic E-state index is 0.0634. The number of carboxylic acid groups (broad SMARTS) is 2. The molecule has 2 aromatic carbocycles. The average molecular weight is 572 g/mol. The van der Waals surface area contributed by atoms with E-state index in [9.17, 15) is 33.0 Å². The number of anilines is 2. The van der Waals surface area contributed by atoms with E-state index in [1.54, 1.807) is 12.1 Å². The van der Waals surface area contributed by atoms with Crippen LogP contribution >= 0.6 is 0 Å². The number of halogens is 3. The van der Waals surface area contributed by atoms with Crippen molar-refractivity contribution >= 4 is 23.7 Å². The second-order valence-electron chi connectivity index (χ2n) is 10.4. The first-order valence-electron chi connectivity index (χ1n) is 13.0. The van der Waals surface area contributed by atoms with Gasteiger partial charge < -0.3 is 30.9 Å². The highest BCUT2D eigenvalue weighted by molar-refractivity contribution is 5.89. The Morgan fingerprint density at radius 1 is 1.05 bits per heavy atom. The van der Waals surface area contributed by atoms with Crippen LogP contribution in [0.4, 0.5) is 24.9 Å². The molecule has 1 spiro atoms. The first kappa shape index (κ1) is 28.1. The number of aromatic carboxylic acids is 1. The van der Waals surface area contributed by atoms with Crippen LogP contribution in [0.15, 0.2) is 54.6 Å². The quantitative estimate of drug-likeness (QED) is 0.326. The molecule has 2 aliphatic heterocycles. The van der Waals surface area contributed by atoms with Crippen molar-refractivity contribution in [2.24, 2.45) is 5.41 Å². The zero-order valence-electron chi connectivity index (χ0n) is 21.8. The molecule has 2 atom stereocenters. The van der Waals surface area contributed by atoms with E-state index in [4.69, 9.17) is 10.5 Å². The number of nitrogen functional groups attached to an aromatic ring is 1. The summed E-state index contributed by atoms with van der Waals surface area (Å²) in [6, 6.07) is 12.3. The fraction of sp³-hybridized carbons (Fsp3) is 0.357. The number of nitrogens with zero attached hydrogens (tertiary/aromatic N) is 3. The van der Waals surface area contributed by atoms with Crippen molar-refractivity contribution in [2.75, 3.05) is 30.3 Å². The zero-order chi connectivity index (χ0) is 29.4. The number of hydrogen-bond donors (Lipinski definition) is 4. The van der Waals surface area contributed by atoms with E-state index >= 15 is 0 Å². The van der Waals surface area contributed by atoms with Gasteiger partial charge in [0, 0.05) is 31.3 Å². The fourth-order valence-corrected chi connectivity index (χ4v) is 5.46. The van der Waals surface area contributed by atoms with Crippen molar-refractivity contribution in [3.63, 3.8) is 0 Å². The summed E-state index contributed by atoms with van der Waals surface area (Å²) >= 11 is 0. The molecule has 0 unspecified atom stereocenters. The summed E-state index contributed by atoms with van der Waals surface area (Å²) in [4.78, 5) is 32.6. The normalized spacial score (nSPS) is 19.2. The smallest absolute Gasteiger partial charge is 0.429 e. The Morgan fingerprint density at radius 2 is 1.76 bits per heavy atom. The molecule has 0 amide bonds. The lowest BCUT2D eigenvalue weighted by Gasteiger charge is -2.39. The number of rotatable bonds is 7. The summed E-state index contributed by atoms with van der Waals surface area (Å²) < 4.78 is 47.8. The molecule has 13 heteroatoms. The van der Waals surface area contributed by atoms with Crippen LogP contribution in [0, 0.1) is 5.41 Å². The van der Waals surface area contributed by atoms with Crippen LogP contribution in [0.3, 0.4) is 0 Å². The summed E-state index contributed by atoms with van der Waals surface area (Å²) in [5, 5.41) is 21.6. The third kappa shape index (κ3) is 6.19. The molecule has 5 N–H and O–H groups in total. The summed E-state index contributed by atoms with van der Waals surface area (Å²) in [5.74, 6) is -2.22. The summed E-state index contributed by atoms with van der Waals surface area (Å²) in [6.45, 7) is 1.64. The van der Waals surface area contributed by atoms with Crippen LogP contribution in [0.5, 0.6) is 5.88 Å². The Labute approximate surface area is 233 Å². The molecule has 41 heavy (non-hydrogen) atoms. The molecule has 0 aliphatic carbocycles. The van der Waals surface area contributed by atoms with E-state index in [1.165, 1.54) is 42.5 Å². The van der Waals surface area contributed by atoms with E-state index in [0.717, 1.165) is 0 Å². The second-order valence-corrected chi connectivity index (χ2v) is 10.4. The molecular weight excluding hydrogens is 543 g/mol. The predicted octanol–water partition coefficient (Wildman–Crippen LogP) is 4.14. The summed E-state index contributed by atoms with van der Waals surface area (Å²) in [5.41, 5.74) is 6.68. The predicted molar refractivity (Wildman–Crippen MR) is 143 cm³/mol. The SMILES string of the molecule is Nc1nc(O[C@H](c2ccc(-c3cccc(C(=O)O)c3)cc2)C(F)(F)F)cc(N2CCC3(CC2)CN[C@H](C(=O)O)C3)n1. The molecule has 0 radical (unpaired) electrons.